The van der Waals surface area contributed by atoms with Crippen molar-refractivity contribution < 1.29 is 42.1 Å². The van der Waals surface area contributed by atoms with Gasteiger partial charge in [-0.25, -0.2) is 4.57 Å². The van der Waals surface area contributed by atoms with Crippen LogP contribution in [0.15, 0.2) is 12.2 Å². The molecular weight excluding hydrogens is 1090 g/mol. The van der Waals surface area contributed by atoms with Gasteiger partial charge in [0.15, 0.2) is 6.10 Å². The predicted octanol–water partition coefficient (Wildman–Crippen LogP) is 25.1. The van der Waals surface area contributed by atoms with Gasteiger partial charge < -0.3 is 18.9 Å². The SMILES string of the molecule is CCCCCCCCCC/C=C\CCCCCCCCCCCCCC(=O)OC(COC(=O)CCCCCCCCCCCCCCCCCCCCCCCCCCCCCCCCCCCCCCCCC)COP(=O)(O)OCC[N+](C)(C)C. The zero-order valence-corrected chi connectivity index (χ0v) is 59.5. The van der Waals surface area contributed by atoms with E-state index in [9.17, 15) is 19.0 Å². The van der Waals surface area contributed by atoms with E-state index in [4.69, 9.17) is 18.5 Å². The maximum atomic E-state index is 12.9. The van der Waals surface area contributed by atoms with Crippen molar-refractivity contribution in [3.63, 3.8) is 0 Å². The summed E-state index contributed by atoms with van der Waals surface area (Å²) in [5, 5.41) is 0. The molecule has 1 N–H and O–H groups in total. The van der Waals surface area contributed by atoms with Crippen molar-refractivity contribution in [2.75, 3.05) is 47.5 Å². The van der Waals surface area contributed by atoms with E-state index in [0.29, 0.717) is 23.9 Å². The lowest BCUT2D eigenvalue weighted by Crippen LogP contribution is -2.37. The Bertz CT molecular complexity index is 1450. The average Bonchev–Trinajstić information content (AvgIpc) is 3.56. The van der Waals surface area contributed by atoms with Crippen LogP contribution in [0.2, 0.25) is 0 Å². The highest BCUT2D eigenvalue weighted by Gasteiger charge is 2.27. The van der Waals surface area contributed by atoms with Crippen LogP contribution in [-0.2, 0) is 32.7 Å². The molecule has 0 radical (unpaired) electrons. The molecule has 0 aromatic heterocycles. The van der Waals surface area contributed by atoms with Crippen LogP contribution in [0.25, 0.3) is 0 Å². The van der Waals surface area contributed by atoms with E-state index in [1.807, 2.05) is 21.1 Å². The van der Waals surface area contributed by atoms with E-state index in [1.54, 1.807) is 0 Å². The summed E-state index contributed by atoms with van der Waals surface area (Å²) in [4.78, 5) is 35.9. The molecule has 0 aliphatic carbocycles. The number of nitrogens with zero attached hydrogens (tertiary/aromatic N) is 1. The largest absolute Gasteiger partial charge is 0.472 e. The van der Waals surface area contributed by atoms with Crippen LogP contribution < -0.4 is 0 Å². The molecular formula is C76H151NO8P+. The summed E-state index contributed by atoms with van der Waals surface area (Å²) < 4.78 is 34.8. The summed E-state index contributed by atoms with van der Waals surface area (Å²) in [5.41, 5.74) is 0. The zero-order valence-electron chi connectivity index (χ0n) is 58.6. The van der Waals surface area contributed by atoms with Crippen LogP contribution in [0.1, 0.15) is 412 Å². The third kappa shape index (κ3) is 71.8. The number of hydrogen-bond acceptors (Lipinski definition) is 7. The predicted molar refractivity (Wildman–Crippen MR) is 372 cm³/mol. The highest BCUT2D eigenvalue weighted by Crippen LogP contribution is 2.43. The standard InChI is InChI=1S/C76H150NO8P/c1-6-8-10-12-14-16-18-20-22-24-26-28-30-31-32-33-34-35-36-37-38-39-40-41-42-43-44-45-47-48-50-52-54-56-58-60-62-64-66-68-75(78)82-72-74(73-84-86(80,81)83-71-70-77(3,4)5)85-76(79)69-67-65-63-61-59-57-55-53-51-49-46-29-27-25-23-21-19-17-15-13-11-9-7-2/h25,27,74H,6-24,26,28-73H2,1-5H3/p+1/b27-25-. The molecule has 2 atom stereocenters. The average molecular weight is 1240 g/mol. The molecule has 0 amide bonds. The minimum Gasteiger partial charge on any atom is -0.462 e. The summed E-state index contributed by atoms with van der Waals surface area (Å²) >= 11 is 0. The van der Waals surface area contributed by atoms with E-state index in [2.05, 4.69) is 26.0 Å². The van der Waals surface area contributed by atoms with Crippen LogP contribution in [0, 0.1) is 0 Å². The van der Waals surface area contributed by atoms with Gasteiger partial charge in [0.1, 0.15) is 19.8 Å². The van der Waals surface area contributed by atoms with Gasteiger partial charge in [0.05, 0.1) is 27.7 Å². The van der Waals surface area contributed by atoms with Crippen molar-refractivity contribution in [1.82, 2.24) is 0 Å². The monoisotopic (exact) mass is 1240 g/mol. The number of quaternary nitrogens is 1. The molecule has 0 spiro atoms. The van der Waals surface area contributed by atoms with Crippen molar-refractivity contribution >= 4 is 19.8 Å². The molecule has 0 saturated carbocycles. The number of rotatable bonds is 73. The molecule has 0 bridgehead atoms. The van der Waals surface area contributed by atoms with Gasteiger partial charge in [-0.15, -0.1) is 0 Å². The minimum absolute atomic E-state index is 0.0358. The van der Waals surface area contributed by atoms with Crippen LogP contribution in [-0.4, -0.2) is 74.9 Å². The number of unbranched alkanes of at least 4 members (excludes halogenated alkanes) is 57. The van der Waals surface area contributed by atoms with Crippen LogP contribution in [0.3, 0.4) is 0 Å². The van der Waals surface area contributed by atoms with Crippen molar-refractivity contribution in [1.29, 1.82) is 0 Å². The zero-order chi connectivity index (χ0) is 62.6. The van der Waals surface area contributed by atoms with Gasteiger partial charge in [0, 0.05) is 12.8 Å². The van der Waals surface area contributed by atoms with Gasteiger partial charge in [-0.05, 0) is 38.5 Å². The Morgan fingerprint density at radius 1 is 0.349 bits per heavy atom. The van der Waals surface area contributed by atoms with E-state index < -0.39 is 26.5 Å². The maximum Gasteiger partial charge on any atom is 0.472 e. The third-order valence-electron chi connectivity index (χ3n) is 17.8. The van der Waals surface area contributed by atoms with Gasteiger partial charge in [-0.3, -0.25) is 18.6 Å². The van der Waals surface area contributed by atoms with Gasteiger partial charge in [0.25, 0.3) is 0 Å². The number of hydrogen-bond donors (Lipinski definition) is 1. The Labute approximate surface area is 537 Å². The first-order valence-electron chi connectivity index (χ1n) is 38.4. The molecule has 0 fully saturated rings. The highest BCUT2D eigenvalue weighted by molar-refractivity contribution is 7.47. The molecule has 0 aliphatic heterocycles. The van der Waals surface area contributed by atoms with E-state index in [-0.39, 0.29) is 25.6 Å². The number of phosphoric ester groups is 1. The van der Waals surface area contributed by atoms with E-state index in [1.165, 1.54) is 347 Å². The Kier molecular flexibility index (Phi) is 67.1. The fourth-order valence-corrected chi connectivity index (χ4v) is 12.6. The topological polar surface area (TPSA) is 108 Å². The lowest BCUT2D eigenvalue weighted by atomic mass is 10.0. The van der Waals surface area contributed by atoms with E-state index in [0.717, 1.165) is 32.1 Å². The summed E-state index contributed by atoms with van der Waals surface area (Å²) in [5.74, 6) is -0.773. The van der Waals surface area contributed by atoms with Gasteiger partial charge in [-0.1, -0.05) is 373 Å². The molecule has 0 aromatic carbocycles. The number of carbonyl (C=O) groups excluding carboxylic acids is 2. The smallest absolute Gasteiger partial charge is 0.462 e. The summed E-state index contributed by atoms with van der Waals surface area (Å²) in [6.45, 7) is 4.52. The Hall–Kier alpha value is -1.25. The molecule has 512 valence electrons. The second-order valence-corrected chi connectivity index (χ2v) is 29.2. The molecule has 9 nitrogen and oxygen atoms in total. The first kappa shape index (κ1) is 84.8. The number of allylic oxidation sites excluding steroid dienone is 2. The van der Waals surface area contributed by atoms with Crippen LogP contribution >= 0.6 is 7.82 Å². The first-order chi connectivity index (χ1) is 42.0. The Morgan fingerprint density at radius 2 is 0.593 bits per heavy atom. The normalized spacial score (nSPS) is 13.0. The number of carbonyl (C=O) groups is 2. The molecule has 0 rings (SSSR count). The summed E-state index contributed by atoms with van der Waals surface area (Å²) in [7, 11) is 1.50. The quantitative estimate of drug-likeness (QED) is 0.0211. The lowest BCUT2D eigenvalue weighted by molar-refractivity contribution is -0.870. The second kappa shape index (κ2) is 68.1. The molecule has 0 saturated heterocycles. The van der Waals surface area contributed by atoms with Gasteiger partial charge in [0.2, 0.25) is 0 Å². The minimum atomic E-state index is -4.39. The van der Waals surface area contributed by atoms with Gasteiger partial charge >= 0.3 is 19.8 Å². The Balaban J connectivity index is 3.86. The van der Waals surface area contributed by atoms with E-state index >= 15 is 0 Å². The van der Waals surface area contributed by atoms with Crippen molar-refractivity contribution in [3.8, 4) is 0 Å². The molecule has 86 heavy (non-hydrogen) atoms. The maximum absolute atomic E-state index is 12.9. The first-order valence-corrected chi connectivity index (χ1v) is 39.9. The molecule has 0 aromatic rings. The Morgan fingerprint density at radius 3 is 0.860 bits per heavy atom. The summed E-state index contributed by atoms with van der Waals surface area (Å²) in [6.07, 6.45) is 85.1. The summed E-state index contributed by atoms with van der Waals surface area (Å²) in [6, 6.07) is 0. The van der Waals surface area contributed by atoms with Crippen LogP contribution in [0.5, 0.6) is 0 Å². The van der Waals surface area contributed by atoms with Crippen molar-refractivity contribution in [2.45, 2.75) is 418 Å². The molecule has 0 heterocycles. The molecule has 10 heteroatoms. The number of ether oxygens (including phenoxy) is 2. The van der Waals surface area contributed by atoms with Crippen molar-refractivity contribution in [2.24, 2.45) is 0 Å². The molecule has 0 aliphatic rings. The fraction of sp³-hybridized carbons (Fsp3) is 0.947. The second-order valence-electron chi connectivity index (χ2n) is 27.8. The third-order valence-corrected chi connectivity index (χ3v) is 18.8. The highest BCUT2D eigenvalue weighted by atomic mass is 31.2. The fourth-order valence-electron chi connectivity index (χ4n) is 11.9. The van der Waals surface area contributed by atoms with Crippen LogP contribution in [0.4, 0.5) is 0 Å². The van der Waals surface area contributed by atoms with Gasteiger partial charge in [-0.2, -0.15) is 0 Å². The number of likely N-dealkylation sites (N-methyl/N-ethyl adjacent to an activating group) is 1. The van der Waals surface area contributed by atoms with Crippen molar-refractivity contribution in [3.05, 3.63) is 12.2 Å². The number of phosphoric acid groups is 1. The number of esters is 2. The molecule has 2 unspecified atom stereocenters. The lowest BCUT2D eigenvalue weighted by Gasteiger charge is -2.24.